The number of ether oxygens (including phenoxy) is 1. The molecule has 1 amide bonds. The summed E-state index contributed by atoms with van der Waals surface area (Å²) in [5.41, 5.74) is 5.46. The quantitative estimate of drug-likeness (QED) is 0.637. The Balaban J connectivity index is 1.85. The van der Waals surface area contributed by atoms with Gasteiger partial charge in [-0.05, 0) is 37.3 Å². The summed E-state index contributed by atoms with van der Waals surface area (Å²) < 4.78 is 32.9. The fraction of sp³-hybridized carbons (Fsp3) is 0.562. The minimum Gasteiger partial charge on any atom is -0.382 e. The van der Waals surface area contributed by atoms with Gasteiger partial charge in [-0.15, -0.1) is 0 Å². The van der Waals surface area contributed by atoms with E-state index in [-0.39, 0.29) is 10.8 Å². The molecular formula is C16H23N3O4S. The molecule has 8 heteroatoms. The first kappa shape index (κ1) is 17.2. The summed E-state index contributed by atoms with van der Waals surface area (Å²) in [6.45, 7) is 1.63. The van der Waals surface area contributed by atoms with Gasteiger partial charge < -0.3 is 15.8 Å². The van der Waals surface area contributed by atoms with Crippen molar-refractivity contribution in [1.29, 1.82) is 0 Å². The van der Waals surface area contributed by atoms with E-state index in [1.807, 2.05) is 0 Å². The highest BCUT2D eigenvalue weighted by molar-refractivity contribution is 7.90. The van der Waals surface area contributed by atoms with E-state index in [4.69, 9.17) is 10.5 Å². The molecule has 1 saturated carbocycles. The molecule has 0 spiro atoms. The lowest BCUT2D eigenvalue weighted by atomic mass is 10.1. The van der Waals surface area contributed by atoms with Crippen LogP contribution in [0.2, 0.25) is 0 Å². The molecule has 0 saturated heterocycles. The maximum Gasteiger partial charge on any atom is 0.266 e. The molecule has 1 fully saturated rings. The molecule has 2 atom stereocenters. The van der Waals surface area contributed by atoms with Gasteiger partial charge in [-0.1, -0.05) is 18.6 Å². The van der Waals surface area contributed by atoms with Crippen LogP contribution in [-0.4, -0.2) is 39.6 Å². The second-order valence-corrected chi connectivity index (χ2v) is 8.06. The third kappa shape index (κ3) is 3.55. The van der Waals surface area contributed by atoms with Gasteiger partial charge in [-0.25, -0.2) is 13.1 Å². The summed E-state index contributed by atoms with van der Waals surface area (Å²) in [7, 11) is -3.98. The van der Waals surface area contributed by atoms with Crippen LogP contribution in [0.25, 0.3) is 0 Å². The third-order valence-electron chi connectivity index (χ3n) is 4.63. The Morgan fingerprint density at radius 1 is 1.21 bits per heavy atom. The summed E-state index contributed by atoms with van der Waals surface area (Å²) >= 11 is 0. The van der Waals surface area contributed by atoms with Crippen LogP contribution in [-0.2, 0) is 19.6 Å². The number of carbonyl (C=O) groups is 1. The monoisotopic (exact) mass is 353 g/mol. The van der Waals surface area contributed by atoms with Crippen LogP contribution in [0.15, 0.2) is 29.2 Å². The zero-order valence-electron chi connectivity index (χ0n) is 13.5. The average molecular weight is 353 g/mol. The van der Waals surface area contributed by atoms with Gasteiger partial charge in [0.2, 0.25) is 0 Å². The SMILES string of the molecule is N[C@]12C[C@H]1CCCCOCCNc1ccccc1S(=O)(=O)NC2=O. The number of nitrogens with one attached hydrogen (secondary N) is 2. The molecule has 3 rings (SSSR count). The molecule has 7 nitrogen and oxygen atoms in total. The van der Waals surface area contributed by atoms with E-state index < -0.39 is 21.5 Å². The summed E-state index contributed by atoms with van der Waals surface area (Å²) in [6.07, 6.45) is 3.15. The Hall–Kier alpha value is -1.64. The van der Waals surface area contributed by atoms with Crippen molar-refractivity contribution < 1.29 is 17.9 Å². The number of hydrogen-bond donors (Lipinski definition) is 3. The van der Waals surface area contributed by atoms with Gasteiger partial charge in [0.05, 0.1) is 17.8 Å². The van der Waals surface area contributed by atoms with Crippen LogP contribution < -0.4 is 15.8 Å². The van der Waals surface area contributed by atoms with E-state index in [2.05, 4.69) is 10.0 Å². The van der Waals surface area contributed by atoms with Crippen LogP contribution in [0.3, 0.4) is 0 Å². The number of amides is 1. The van der Waals surface area contributed by atoms with Crippen molar-refractivity contribution in [2.45, 2.75) is 36.1 Å². The van der Waals surface area contributed by atoms with Gasteiger partial charge in [0.25, 0.3) is 15.9 Å². The Morgan fingerprint density at radius 3 is 2.83 bits per heavy atom. The fourth-order valence-corrected chi connectivity index (χ4v) is 4.29. The Kier molecular flexibility index (Phi) is 4.80. The predicted molar refractivity (Wildman–Crippen MR) is 90.0 cm³/mol. The number of nitrogens with two attached hydrogens (primary N) is 1. The van der Waals surface area contributed by atoms with E-state index >= 15 is 0 Å². The van der Waals surface area contributed by atoms with Crippen molar-refractivity contribution in [2.24, 2.45) is 11.7 Å². The van der Waals surface area contributed by atoms with Crippen molar-refractivity contribution in [1.82, 2.24) is 4.72 Å². The number of anilines is 1. The molecule has 1 aromatic rings. The molecule has 0 aromatic heterocycles. The molecule has 1 aliphatic carbocycles. The number of carbonyl (C=O) groups excluding carboxylic acids is 1. The molecule has 0 radical (unpaired) electrons. The van der Waals surface area contributed by atoms with Gasteiger partial charge >= 0.3 is 0 Å². The predicted octanol–water partition coefficient (Wildman–Crippen LogP) is 0.821. The van der Waals surface area contributed by atoms with Crippen LogP contribution >= 0.6 is 0 Å². The van der Waals surface area contributed by atoms with E-state index in [1.165, 1.54) is 6.07 Å². The Labute approximate surface area is 142 Å². The third-order valence-corrected chi connectivity index (χ3v) is 6.02. The summed E-state index contributed by atoms with van der Waals surface area (Å²) in [5, 5.41) is 3.05. The van der Waals surface area contributed by atoms with Gasteiger partial charge in [0.1, 0.15) is 4.90 Å². The summed E-state index contributed by atoms with van der Waals surface area (Å²) in [6, 6.07) is 6.48. The van der Waals surface area contributed by atoms with Crippen molar-refractivity contribution in [3.63, 3.8) is 0 Å². The Bertz CT molecular complexity index is 722. The number of sulfonamides is 1. The van der Waals surface area contributed by atoms with Crippen LogP contribution in [0.1, 0.15) is 25.7 Å². The largest absolute Gasteiger partial charge is 0.382 e. The molecule has 0 unspecified atom stereocenters. The minimum absolute atomic E-state index is 0.0335. The molecule has 2 aliphatic rings. The highest BCUT2D eigenvalue weighted by atomic mass is 32.2. The van der Waals surface area contributed by atoms with E-state index in [9.17, 15) is 13.2 Å². The Morgan fingerprint density at radius 2 is 2.00 bits per heavy atom. The van der Waals surface area contributed by atoms with Crippen LogP contribution in [0.5, 0.6) is 0 Å². The molecule has 1 aromatic carbocycles. The van der Waals surface area contributed by atoms with Gasteiger partial charge in [0.15, 0.2) is 0 Å². The normalized spacial score (nSPS) is 30.5. The minimum atomic E-state index is -3.98. The highest BCUT2D eigenvalue weighted by Crippen LogP contribution is 2.45. The fourth-order valence-electron chi connectivity index (χ4n) is 3.06. The molecule has 0 bridgehead atoms. The maximum atomic E-state index is 12.6. The lowest BCUT2D eigenvalue weighted by Crippen LogP contribution is -2.46. The second-order valence-electron chi connectivity index (χ2n) is 6.41. The number of benzene rings is 1. The summed E-state index contributed by atoms with van der Waals surface area (Å²) in [4.78, 5) is 12.4. The van der Waals surface area contributed by atoms with E-state index in [0.29, 0.717) is 31.9 Å². The first-order chi connectivity index (χ1) is 11.4. The average Bonchev–Trinajstić information content (AvgIpc) is 3.21. The molecule has 1 aliphatic heterocycles. The zero-order valence-corrected chi connectivity index (χ0v) is 14.3. The zero-order chi connectivity index (χ0) is 17.2. The first-order valence-corrected chi connectivity index (χ1v) is 9.68. The smallest absolute Gasteiger partial charge is 0.266 e. The molecule has 24 heavy (non-hydrogen) atoms. The maximum absolute atomic E-state index is 12.6. The lowest BCUT2D eigenvalue weighted by Gasteiger charge is -2.15. The van der Waals surface area contributed by atoms with Crippen molar-refractivity contribution in [3.05, 3.63) is 24.3 Å². The van der Waals surface area contributed by atoms with Gasteiger partial charge in [-0.3, -0.25) is 4.79 Å². The second kappa shape index (κ2) is 6.70. The highest BCUT2D eigenvalue weighted by Gasteiger charge is 2.57. The lowest BCUT2D eigenvalue weighted by molar-refractivity contribution is -0.121. The number of fused-ring (bicyclic) bond motifs is 2. The molecule has 1 heterocycles. The van der Waals surface area contributed by atoms with Crippen molar-refractivity contribution in [2.75, 3.05) is 25.1 Å². The van der Waals surface area contributed by atoms with Gasteiger partial charge in [-0.2, -0.15) is 0 Å². The number of rotatable bonds is 0. The number of para-hydroxylation sites is 1. The molecule has 4 N–H and O–H groups in total. The van der Waals surface area contributed by atoms with Crippen LogP contribution in [0, 0.1) is 5.92 Å². The topological polar surface area (TPSA) is 111 Å². The standard InChI is InChI=1S/C16H23N3O4S/c17-16-11-12(16)5-3-4-9-23-10-8-18-13-6-1-2-7-14(13)24(21,22)19-15(16)20/h1-2,6-7,12,18H,3-5,8-11,17H2,(H,19,20)/t12-,16-/m1/s1. The van der Waals surface area contributed by atoms with E-state index in [0.717, 1.165) is 19.3 Å². The first-order valence-electron chi connectivity index (χ1n) is 8.20. The van der Waals surface area contributed by atoms with Gasteiger partial charge in [0, 0.05) is 13.2 Å². The van der Waals surface area contributed by atoms with E-state index in [1.54, 1.807) is 18.2 Å². The number of hydrogen-bond acceptors (Lipinski definition) is 6. The summed E-state index contributed by atoms with van der Waals surface area (Å²) in [5.74, 6) is -0.584. The molecule has 132 valence electrons. The molecular weight excluding hydrogens is 330 g/mol. The van der Waals surface area contributed by atoms with Crippen molar-refractivity contribution in [3.8, 4) is 0 Å². The van der Waals surface area contributed by atoms with Crippen molar-refractivity contribution >= 4 is 21.6 Å². The van der Waals surface area contributed by atoms with Crippen LogP contribution in [0.4, 0.5) is 5.69 Å².